The quantitative estimate of drug-likeness (QED) is 0.924. The number of nitrogens with zero attached hydrogens (tertiary/aromatic N) is 2. The smallest absolute Gasteiger partial charge is 0.225 e. The standard InChI is InChI=1S/C18H26N2O3/c21-17(14-3-1-4-14)20-9-7-18(22)6-8-19(11-15(18)12-20)13-16-5-2-10-23-16/h2,5,10,14-15,22H,1,3-4,6-9,11-13H2/t15-,18-/m0/s1. The van der Waals surface area contributed by atoms with Gasteiger partial charge in [-0.15, -0.1) is 0 Å². The molecule has 1 N–H and O–H groups in total. The van der Waals surface area contributed by atoms with E-state index in [1.807, 2.05) is 17.0 Å². The van der Waals surface area contributed by atoms with Crippen LogP contribution in [0.4, 0.5) is 0 Å². The number of furan rings is 1. The highest BCUT2D eigenvalue weighted by molar-refractivity contribution is 5.79. The van der Waals surface area contributed by atoms with Crippen LogP contribution >= 0.6 is 0 Å². The van der Waals surface area contributed by atoms with Crippen LogP contribution in [-0.4, -0.2) is 52.6 Å². The van der Waals surface area contributed by atoms with E-state index in [4.69, 9.17) is 4.42 Å². The zero-order valence-electron chi connectivity index (χ0n) is 13.6. The lowest BCUT2D eigenvalue weighted by Crippen LogP contribution is -2.61. The van der Waals surface area contributed by atoms with Crippen molar-refractivity contribution in [3.8, 4) is 0 Å². The Morgan fingerprint density at radius 3 is 2.83 bits per heavy atom. The molecule has 1 aliphatic carbocycles. The lowest BCUT2D eigenvalue weighted by atomic mass is 9.75. The van der Waals surface area contributed by atoms with E-state index in [1.165, 1.54) is 6.42 Å². The van der Waals surface area contributed by atoms with Crippen LogP contribution < -0.4 is 0 Å². The molecule has 0 aromatic carbocycles. The molecule has 0 radical (unpaired) electrons. The number of fused-ring (bicyclic) bond motifs is 1. The first-order valence-electron chi connectivity index (χ1n) is 8.90. The second kappa shape index (κ2) is 5.95. The Labute approximate surface area is 137 Å². The van der Waals surface area contributed by atoms with E-state index >= 15 is 0 Å². The molecule has 1 saturated carbocycles. The van der Waals surface area contributed by atoms with Gasteiger partial charge in [0.15, 0.2) is 0 Å². The molecule has 1 aromatic heterocycles. The molecule has 1 amide bonds. The van der Waals surface area contributed by atoms with Gasteiger partial charge in [-0.1, -0.05) is 6.42 Å². The molecule has 0 spiro atoms. The molecule has 0 bridgehead atoms. The van der Waals surface area contributed by atoms with Gasteiger partial charge in [0.2, 0.25) is 5.91 Å². The summed E-state index contributed by atoms with van der Waals surface area (Å²) in [5.74, 6) is 1.70. The number of aliphatic hydroxyl groups is 1. The lowest BCUT2D eigenvalue weighted by Gasteiger charge is -2.50. The monoisotopic (exact) mass is 318 g/mol. The fraction of sp³-hybridized carbons (Fsp3) is 0.722. The Bertz CT molecular complexity index is 555. The summed E-state index contributed by atoms with van der Waals surface area (Å²) in [5.41, 5.74) is -0.587. The SMILES string of the molecule is O=C(C1CCC1)N1CC[C@@]2(O)CCN(Cc3ccco3)C[C@H]2C1. The van der Waals surface area contributed by atoms with E-state index in [1.54, 1.807) is 6.26 Å². The number of hydrogen-bond donors (Lipinski definition) is 1. The number of piperidine rings is 2. The Balaban J connectivity index is 1.40. The zero-order chi connectivity index (χ0) is 15.9. The highest BCUT2D eigenvalue weighted by Gasteiger charge is 2.46. The van der Waals surface area contributed by atoms with Crippen LogP contribution in [0.3, 0.4) is 0 Å². The van der Waals surface area contributed by atoms with E-state index in [-0.39, 0.29) is 11.8 Å². The van der Waals surface area contributed by atoms with Crippen molar-refractivity contribution in [2.75, 3.05) is 26.2 Å². The van der Waals surface area contributed by atoms with Gasteiger partial charge in [-0.3, -0.25) is 9.69 Å². The number of likely N-dealkylation sites (tertiary alicyclic amines) is 2. The van der Waals surface area contributed by atoms with Crippen LogP contribution in [0.1, 0.15) is 37.9 Å². The third-order valence-electron chi connectivity index (χ3n) is 6.08. The molecule has 5 nitrogen and oxygen atoms in total. The predicted molar refractivity (Wildman–Crippen MR) is 85.6 cm³/mol. The Morgan fingerprint density at radius 1 is 1.30 bits per heavy atom. The van der Waals surface area contributed by atoms with E-state index in [2.05, 4.69) is 4.90 Å². The van der Waals surface area contributed by atoms with Crippen molar-refractivity contribution in [1.82, 2.24) is 9.80 Å². The summed E-state index contributed by atoms with van der Waals surface area (Å²) < 4.78 is 5.44. The topological polar surface area (TPSA) is 56.9 Å². The summed E-state index contributed by atoms with van der Waals surface area (Å²) >= 11 is 0. The third kappa shape index (κ3) is 2.92. The number of amides is 1. The lowest BCUT2D eigenvalue weighted by molar-refractivity contribution is -0.153. The van der Waals surface area contributed by atoms with Crippen LogP contribution in [0.25, 0.3) is 0 Å². The van der Waals surface area contributed by atoms with E-state index in [9.17, 15) is 9.90 Å². The highest BCUT2D eigenvalue weighted by Crippen LogP contribution is 2.37. The molecule has 1 aromatic rings. The molecule has 5 heteroatoms. The summed E-state index contributed by atoms with van der Waals surface area (Å²) in [6, 6.07) is 3.91. The van der Waals surface area contributed by atoms with Crippen molar-refractivity contribution >= 4 is 5.91 Å². The summed E-state index contributed by atoms with van der Waals surface area (Å²) in [7, 11) is 0. The molecule has 23 heavy (non-hydrogen) atoms. The van der Waals surface area contributed by atoms with Gasteiger partial charge in [0.25, 0.3) is 0 Å². The summed E-state index contributed by atoms with van der Waals surface area (Å²) in [5, 5.41) is 11.0. The Kier molecular flexibility index (Phi) is 3.93. The van der Waals surface area contributed by atoms with E-state index < -0.39 is 5.60 Å². The number of carbonyl (C=O) groups excluding carboxylic acids is 1. The van der Waals surface area contributed by atoms with Crippen molar-refractivity contribution < 1.29 is 14.3 Å². The van der Waals surface area contributed by atoms with Crippen LogP contribution in [0.2, 0.25) is 0 Å². The summed E-state index contributed by atoms with van der Waals surface area (Å²) in [6.07, 6.45) is 6.52. The number of carbonyl (C=O) groups is 1. The van der Waals surface area contributed by atoms with E-state index in [0.29, 0.717) is 12.5 Å². The van der Waals surface area contributed by atoms with Crippen LogP contribution in [0.15, 0.2) is 22.8 Å². The maximum atomic E-state index is 12.5. The first-order chi connectivity index (χ1) is 11.1. The fourth-order valence-electron chi connectivity index (χ4n) is 4.25. The van der Waals surface area contributed by atoms with Crippen molar-refractivity contribution in [3.63, 3.8) is 0 Å². The fourth-order valence-corrected chi connectivity index (χ4v) is 4.25. The highest BCUT2D eigenvalue weighted by atomic mass is 16.3. The van der Waals surface area contributed by atoms with Gasteiger partial charge in [-0.2, -0.15) is 0 Å². The molecule has 2 saturated heterocycles. The normalized spacial score (nSPS) is 32.4. The van der Waals surface area contributed by atoms with Crippen molar-refractivity contribution in [1.29, 1.82) is 0 Å². The maximum absolute atomic E-state index is 12.5. The average molecular weight is 318 g/mol. The molecule has 3 fully saturated rings. The second-order valence-corrected chi connectivity index (χ2v) is 7.53. The largest absolute Gasteiger partial charge is 0.468 e. The van der Waals surface area contributed by atoms with E-state index in [0.717, 1.165) is 57.6 Å². The molecule has 0 unspecified atom stereocenters. The van der Waals surface area contributed by atoms with Gasteiger partial charge in [-0.25, -0.2) is 0 Å². The molecular weight excluding hydrogens is 292 g/mol. The minimum Gasteiger partial charge on any atom is -0.468 e. The molecule has 3 aliphatic rings. The first kappa shape index (κ1) is 15.2. The minimum absolute atomic E-state index is 0.156. The molecule has 2 aliphatic heterocycles. The van der Waals surface area contributed by atoms with Gasteiger partial charge in [0.1, 0.15) is 5.76 Å². The third-order valence-corrected chi connectivity index (χ3v) is 6.08. The van der Waals surface area contributed by atoms with Gasteiger partial charge in [0.05, 0.1) is 18.4 Å². The Hall–Kier alpha value is -1.33. The molecule has 4 rings (SSSR count). The van der Waals surface area contributed by atoms with Crippen molar-refractivity contribution in [2.45, 2.75) is 44.2 Å². The minimum atomic E-state index is -0.587. The van der Waals surface area contributed by atoms with Crippen LogP contribution in [0, 0.1) is 11.8 Å². The number of rotatable bonds is 3. The van der Waals surface area contributed by atoms with Crippen LogP contribution in [0.5, 0.6) is 0 Å². The molecule has 3 heterocycles. The Morgan fingerprint density at radius 2 is 2.13 bits per heavy atom. The molecule has 126 valence electrons. The van der Waals surface area contributed by atoms with Gasteiger partial charge in [0, 0.05) is 38.0 Å². The maximum Gasteiger partial charge on any atom is 0.225 e. The predicted octanol–water partition coefficient (Wildman–Crippen LogP) is 1.86. The molecular formula is C18H26N2O3. The molecule has 2 atom stereocenters. The van der Waals surface area contributed by atoms with Crippen LogP contribution in [-0.2, 0) is 11.3 Å². The summed E-state index contributed by atoms with van der Waals surface area (Å²) in [4.78, 5) is 16.9. The summed E-state index contributed by atoms with van der Waals surface area (Å²) in [6.45, 7) is 3.95. The second-order valence-electron chi connectivity index (χ2n) is 7.53. The van der Waals surface area contributed by atoms with Crippen molar-refractivity contribution in [3.05, 3.63) is 24.2 Å². The van der Waals surface area contributed by atoms with Gasteiger partial charge >= 0.3 is 0 Å². The number of hydrogen-bond acceptors (Lipinski definition) is 4. The zero-order valence-corrected chi connectivity index (χ0v) is 13.6. The first-order valence-corrected chi connectivity index (χ1v) is 8.90. The van der Waals surface area contributed by atoms with Crippen molar-refractivity contribution in [2.24, 2.45) is 11.8 Å². The average Bonchev–Trinajstić information content (AvgIpc) is 2.98. The van der Waals surface area contributed by atoms with Gasteiger partial charge < -0.3 is 14.4 Å². The van der Waals surface area contributed by atoms with Gasteiger partial charge in [-0.05, 0) is 37.8 Å².